The van der Waals surface area contributed by atoms with Gasteiger partial charge in [-0.15, -0.1) is 0 Å². The van der Waals surface area contributed by atoms with Gasteiger partial charge in [-0.1, -0.05) is 48.5 Å². The van der Waals surface area contributed by atoms with E-state index < -0.39 is 7.12 Å². The van der Waals surface area contributed by atoms with Crippen LogP contribution in [0.3, 0.4) is 0 Å². The van der Waals surface area contributed by atoms with Crippen LogP contribution in [0.15, 0.2) is 97.1 Å². The molecule has 0 amide bonds. The number of aromatic nitrogens is 5. The number of fused-ring (bicyclic) bond motifs is 9. The van der Waals surface area contributed by atoms with Crippen molar-refractivity contribution in [2.75, 3.05) is 0 Å². The highest BCUT2D eigenvalue weighted by atomic mass is 16.4. The number of nitrogens with zero attached hydrogens (tertiary/aromatic N) is 5. The van der Waals surface area contributed by atoms with Crippen LogP contribution in [-0.2, 0) is 0 Å². The molecule has 162 valence electrons. The number of hydrogen-bond donors (Lipinski definition) is 2. The highest BCUT2D eigenvalue weighted by molar-refractivity contribution is 6.58. The lowest BCUT2D eigenvalue weighted by molar-refractivity contribution is 0.426. The summed E-state index contributed by atoms with van der Waals surface area (Å²) in [5.74, 6) is 1.42. The molecule has 0 aliphatic carbocycles. The highest BCUT2D eigenvalue weighted by Crippen LogP contribution is 2.28. The molecule has 7 aromatic rings. The van der Waals surface area contributed by atoms with E-state index in [1.54, 1.807) is 12.1 Å². The Hall–Kier alpha value is -4.40. The van der Waals surface area contributed by atoms with Crippen molar-refractivity contribution in [1.82, 2.24) is 23.3 Å². The molecule has 0 fully saturated rings. The fourth-order valence-electron chi connectivity index (χ4n) is 4.76. The molecule has 7 nitrogen and oxygen atoms in total. The minimum atomic E-state index is -1.53. The molecule has 2 N–H and O–H groups in total. The third kappa shape index (κ3) is 2.61. The lowest BCUT2D eigenvalue weighted by Crippen LogP contribution is -2.29. The van der Waals surface area contributed by atoms with Crippen LogP contribution in [0.2, 0.25) is 0 Å². The normalized spacial score (nSPS) is 11.8. The standard InChI is InChI=1S/C26H18BN5O2/c33-27(34)17-13-15-18(16-14-17)30-25-28-19-7-1-3-9-21(19)31(25)23-11-5-6-12-24(23)32-22-10-4-2-8-20(22)29-26(30)32/h1-16,33-34H. The SMILES string of the molecule is OB(O)c1ccc(-n2c3nc4ccccc4n3c3ccccc3n3c4ccccc4nc23)cc1. The van der Waals surface area contributed by atoms with Crippen LogP contribution in [-0.4, -0.2) is 40.5 Å². The van der Waals surface area contributed by atoms with Gasteiger partial charge in [-0.2, -0.15) is 0 Å². The van der Waals surface area contributed by atoms with E-state index in [0.29, 0.717) is 17.0 Å². The van der Waals surface area contributed by atoms with Crippen LogP contribution >= 0.6 is 0 Å². The molecule has 0 bridgehead atoms. The average Bonchev–Trinajstić information content (AvgIpc) is 3.40. The van der Waals surface area contributed by atoms with Crippen molar-refractivity contribution in [2.24, 2.45) is 0 Å². The van der Waals surface area contributed by atoms with Crippen LogP contribution in [0.25, 0.3) is 50.3 Å². The van der Waals surface area contributed by atoms with Gasteiger partial charge in [0.25, 0.3) is 0 Å². The predicted molar refractivity (Wildman–Crippen MR) is 134 cm³/mol. The maximum atomic E-state index is 9.60. The molecule has 0 saturated carbocycles. The topological polar surface area (TPSA) is 80.0 Å². The van der Waals surface area contributed by atoms with Gasteiger partial charge < -0.3 is 10.0 Å². The van der Waals surface area contributed by atoms with E-state index in [2.05, 4.69) is 33.1 Å². The number of para-hydroxylation sites is 6. The molecule has 0 spiro atoms. The Labute approximate surface area is 193 Å². The smallest absolute Gasteiger partial charge is 0.423 e. The lowest BCUT2D eigenvalue weighted by Gasteiger charge is -2.08. The molecule has 0 saturated heterocycles. The van der Waals surface area contributed by atoms with Gasteiger partial charge in [-0.25, -0.2) is 14.5 Å². The molecule has 0 unspecified atom stereocenters. The first kappa shape index (κ1) is 19.1. The number of imidazole rings is 2. The zero-order chi connectivity index (χ0) is 22.8. The molecule has 0 aliphatic rings. The number of benzene rings is 4. The molecule has 34 heavy (non-hydrogen) atoms. The second-order valence-corrected chi connectivity index (χ2v) is 8.26. The van der Waals surface area contributed by atoms with Gasteiger partial charge in [-0.05, 0) is 54.0 Å². The van der Waals surface area contributed by atoms with Gasteiger partial charge in [0.15, 0.2) is 0 Å². The predicted octanol–water partition coefficient (Wildman–Crippen LogP) is 3.47. The summed E-state index contributed by atoms with van der Waals surface area (Å²) in [6.07, 6.45) is 0. The largest absolute Gasteiger partial charge is 0.488 e. The van der Waals surface area contributed by atoms with Crippen molar-refractivity contribution < 1.29 is 10.0 Å². The summed E-state index contributed by atoms with van der Waals surface area (Å²) < 4.78 is 6.33. The first-order chi connectivity index (χ1) is 16.7. The summed E-state index contributed by atoms with van der Waals surface area (Å²) in [7, 11) is -1.53. The Morgan fingerprint density at radius 1 is 0.529 bits per heavy atom. The summed E-state index contributed by atoms with van der Waals surface area (Å²) in [5.41, 5.74) is 6.98. The van der Waals surface area contributed by atoms with Gasteiger partial charge in [0, 0.05) is 0 Å². The van der Waals surface area contributed by atoms with Gasteiger partial charge in [0.05, 0.1) is 38.8 Å². The molecule has 3 heterocycles. The van der Waals surface area contributed by atoms with E-state index in [4.69, 9.17) is 9.97 Å². The number of hydrogen-bond acceptors (Lipinski definition) is 4. The van der Waals surface area contributed by atoms with E-state index in [0.717, 1.165) is 38.8 Å². The first-order valence-corrected chi connectivity index (χ1v) is 11.0. The Bertz CT molecular complexity index is 1790. The summed E-state index contributed by atoms with van der Waals surface area (Å²) in [6, 6.07) is 31.5. The second kappa shape index (κ2) is 7.05. The Balaban J connectivity index is 1.80. The van der Waals surface area contributed by atoms with E-state index in [9.17, 15) is 10.0 Å². The van der Waals surface area contributed by atoms with Gasteiger partial charge in [0.1, 0.15) is 0 Å². The van der Waals surface area contributed by atoms with Crippen molar-refractivity contribution in [2.45, 2.75) is 0 Å². The zero-order valence-electron chi connectivity index (χ0n) is 17.9. The molecule has 0 aliphatic heterocycles. The summed E-state index contributed by atoms with van der Waals surface area (Å²) in [6.45, 7) is 0. The third-order valence-electron chi connectivity index (χ3n) is 6.30. The Morgan fingerprint density at radius 2 is 0.971 bits per heavy atom. The van der Waals surface area contributed by atoms with E-state index in [1.807, 2.05) is 65.2 Å². The molecule has 0 radical (unpaired) electrons. The fraction of sp³-hybridized carbons (Fsp3) is 0. The molecule has 3 aromatic heterocycles. The van der Waals surface area contributed by atoms with Gasteiger partial charge in [-0.3, -0.25) is 8.80 Å². The molecule has 0 atom stereocenters. The quantitative estimate of drug-likeness (QED) is 0.401. The Morgan fingerprint density at radius 3 is 1.44 bits per heavy atom. The molecule has 7 rings (SSSR count). The minimum absolute atomic E-state index is 0.420. The van der Waals surface area contributed by atoms with E-state index in [1.165, 1.54) is 0 Å². The van der Waals surface area contributed by atoms with Crippen LogP contribution < -0.4 is 5.46 Å². The van der Waals surface area contributed by atoms with E-state index >= 15 is 0 Å². The Kier molecular flexibility index (Phi) is 3.96. The summed E-state index contributed by atoms with van der Waals surface area (Å²) >= 11 is 0. The van der Waals surface area contributed by atoms with Crippen molar-refractivity contribution in [3.05, 3.63) is 97.1 Å². The average molecular weight is 443 g/mol. The molecule has 8 heteroatoms. The van der Waals surface area contributed by atoms with Crippen LogP contribution in [0.4, 0.5) is 0 Å². The van der Waals surface area contributed by atoms with Crippen molar-refractivity contribution in [1.29, 1.82) is 0 Å². The van der Waals surface area contributed by atoms with Crippen molar-refractivity contribution in [3.8, 4) is 5.69 Å². The monoisotopic (exact) mass is 443 g/mol. The van der Waals surface area contributed by atoms with Gasteiger partial charge >= 0.3 is 7.12 Å². The summed E-state index contributed by atoms with van der Waals surface area (Å²) in [5, 5.41) is 19.2. The second-order valence-electron chi connectivity index (χ2n) is 8.26. The van der Waals surface area contributed by atoms with Crippen LogP contribution in [0.5, 0.6) is 0 Å². The fourth-order valence-corrected chi connectivity index (χ4v) is 4.76. The van der Waals surface area contributed by atoms with Crippen molar-refractivity contribution in [3.63, 3.8) is 0 Å². The maximum absolute atomic E-state index is 9.60. The highest BCUT2D eigenvalue weighted by Gasteiger charge is 2.19. The minimum Gasteiger partial charge on any atom is -0.423 e. The molecular weight excluding hydrogens is 425 g/mol. The maximum Gasteiger partial charge on any atom is 0.488 e. The van der Waals surface area contributed by atoms with Crippen LogP contribution in [0, 0.1) is 0 Å². The van der Waals surface area contributed by atoms with Crippen LogP contribution in [0.1, 0.15) is 0 Å². The third-order valence-corrected chi connectivity index (χ3v) is 6.30. The molecule has 4 aromatic carbocycles. The van der Waals surface area contributed by atoms with E-state index in [-0.39, 0.29) is 0 Å². The zero-order valence-corrected chi connectivity index (χ0v) is 17.9. The lowest BCUT2D eigenvalue weighted by atomic mass is 9.80. The van der Waals surface area contributed by atoms with Crippen molar-refractivity contribution >= 4 is 57.2 Å². The van der Waals surface area contributed by atoms with Gasteiger partial charge in [0.2, 0.25) is 11.6 Å². The number of rotatable bonds is 2. The summed E-state index contributed by atoms with van der Waals surface area (Å²) in [4.78, 5) is 10.1. The molecular formula is C26H18BN5O2. The first-order valence-electron chi connectivity index (χ1n) is 11.0.